The number of urea groups is 1. The lowest BCUT2D eigenvalue weighted by atomic mass is 9.75. The highest BCUT2D eigenvalue weighted by atomic mass is 16.5. The first-order valence-corrected chi connectivity index (χ1v) is 10.9. The van der Waals surface area contributed by atoms with Crippen molar-refractivity contribution in [2.24, 2.45) is 5.41 Å². The number of amides is 4. The zero-order valence-electron chi connectivity index (χ0n) is 18.7. The first-order chi connectivity index (χ1) is 16.0. The van der Waals surface area contributed by atoms with E-state index in [4.69, 9.17) is 4.74 Å². The molecule has 1 fully saturated rings. The van der Waals surface area contributed by atoms with E-state index in [2.05, 4.69) is 0 Å². The Hall–Kier alpha value is -3.93. The molecular formula is C27H26N2O4. The van der Waals surface area contributed by atoms with Crippen LogP contribution < -0.4 is 9.64 Å². The van der Waals surface area contributed by atoms with Crippen molar-refractivity contribution in [1.82, 2.24) is 4.90 Å². The molecule has 3 aromatic rings. The lowest BCUT2D eigenvalue weighted by molar-refractivity contribution is -0.150. The summed E-state index contributed by atoms with van der Waals surface area (Å²) in [5, 5.41) is 0. The van der Waals surface area contributed by atoms with Gasteiger partial charge in [-0.3, -0.25) is 14.5 Å². The Bertz CT molecular complexity index is 1150. The van der Waals surface area contributed by atoms with E-state index >= 15 is 0 Å². The van der Waals surface area contributed by atoms with Crippen molar-refractivity contribution in [2.45, 2.75) is 26.3 Å². The summed E-state index contributed by atoms with van der Waals surface area (Å²) in [4.78, 5) is 43.5. The first kappa shape index (κ1) is 22.3. The summed E-state index contributed by atoms with van der Waals surface area (Å²) in [5.41, 5.74) is 0.709. The number of carbonyl (C=O) groups is 3. The number of hydrogen-bond acceptors (Lipinski definition) is 4. The molecule has 1 unspecified atom stereocenters. The van der Waals surface area contributed by atoms with Crippen LogP contribution in [0.15, 0.2) is 84.9 Å². The molecule has 33 heavy (non-hydrogen) atoms. The molecule has 168 valence electrons. The number of para-hydroxylation sites is 1. The van der Waals surface area contributed by atoms with Crippen LogP contribution in [-0.4, -0.2) is 29.9 Å². The van der Waals surface area contributed by atoms with Gasteiger partial charge in [-0.2, -0.15) is 0 Å². The average molecular weight is 443 g/mol. The summed E-state index contributed by atoms with van der Waals surface area (Å²) in [6.45, 7) is 1.89. The van der Waals surface area contributed by atoms with Gasteiger partial charge in [-0.1, -0.05) is 67.6 Å². The minimum atomic E-state index is -1.38. The van der Waals surface area contributed by atoms with Crippen LogP contribution in [0, 0.1) is 5.41 Å². The van der Waals surface area contributed by atoms with Crippen LogP contribution in [0.5, 0.6) is 5.75 Å². The normalized spacial score (nSPS) is 18.5. The number of barbiturate groups is 1. The Kier molecular flexibility index (Phi) is 6.27. The standard InChI is InChI=1S/C27H26N2O4/c1-3-27(18-20-10-6-4-7-11-20)24(30)28(19-21-14-16-23(33-2)17-15-21)26(32)29(25(27)31)22-12-8-5-9-13-22/h4-17H,3,18-19H2,1-2H3. The number of nitrogens with zero attached hydrogens (tertiary/aromatic N) is 2. The number of methoxy groups -OCH3 is 1. The molecule has 0 N–H and O–H groups in total. The molecule has 0 aromatic heterocycles. The number of imide groups is 2. The second kappa shape index (κ2) is 9.28. The van der Waals surface area contributed by atoms with Gasteiger partial charge in [0.05, 0.1) is 19.3 Å². The summed E-state index contributed by atoms with van der Waals surface area (Å²) in [5.74, 6) is -0.268. The van der Waals surface area contributed by atoms with Gasteiger partial charge in [-0.15, -0.1) is 0 Å². The molecule has 1 atom stereocenters. The summed E-state index contributed by atoms with van der Waals surface area (Å²) < 4.78 is 5.21. The predicted octanol–water partition coefficient (Wildman–Crippen LogP) is 4.83. The topological polar surface area (TPSA) is 66.9 Å². The highest BCUT2D eigenvalue weighted by Crippen LogP contribution is 2.39. The Morgan fingerprint density at radius 3 is 1.94 bits per heavy atom. The number of ether oxygens (including phenoxy) is 1. The average Bonchev–Trinajstić information content (AvgIpc) is 2.86. The molecule has 6 heteroatoms. The molecule has 0 bridgehead atoms. The summed E-state index contributed by atoms with van der Waals surface area (Å²) in [6.07, 6.45) is 0.493. The number of anilines is 1. The van der Waals surface area contributed by atoms with E-state index in [0.29, 0.717) is 11.4 Å². The predicted molar refractivity (Wildman–Crippen MR) is 126 cm³/mol. The molecule has 4 amide bonds. The smallest absolute Gasteiger partial charge is 0.338 e. The molecule has 3 aromatic carbocycles. The monoisotopic (exact) mass is 442 g/mol. The lowest BCUT2D eigenvalue weighted by Gasteiger charge is -2.44. The van der Waals surface area contributed by atoms with Gasteiger partial charge in [0.25, 0.3) is 5.91 Å². The highest BCUT2D eigenvalue weighted by Gasteiger charge is 2.56. The number of hydrogen-bond donors (Lipinski definition) is 0. The van der Waals surface area contributed by atoms with Gasteiger partial charge in [0, 0.05) is 0 Å². The van der Waals surface area contributed by atoms with Crippen LogP contribution in [-0.2, 0) is 22.6 Å². The molecule has 1 aliphatic rings. The third-order valence-corrected chi connectivity index (χ3v) is 6.16. The van der Waals surface area contributed by atoms with Gasteiger partial charge in [0.2, 0.25) is 5.91 Å². The van der Waals surface area contributed by atoms with E-state index < -0.39 is 23.3 Å². The zero-order chi connectivity index (χ0) is 23.4. The second-order valence-corrected chi connectivity index (χ2v) is 8.10. The number of carbonyl (C=O) groups excluding carboxylic acids is 3. The molecule has 0 saturated carbocycles. The number of benzene rings is 3. The minimum absolute atomic E-state index is 0.0643. The van der Waals surface area contributed by atoms with Crippen molar-refractivity contribution in [3.05, 3.63) is 96.1 Å². The molecule has 1 saturated heterocycles. The fourth-order valence-electron chi connectivity index (χ4n) is 4.24. The van der Waals surface area contributed by atoms with Gasteiger partial charge in [-0.05, 0) is 48.2 Å². The Balaban J connectivity index is 1.78. The molecule has 1 aliphatic heterocycles. The van der Waals surface area contributed by atoms with Crippen LogP contribution in [0.2, 0.25) is 0 Å². The third kappa shape index (κ3) is 4.12. The van der Waals surface area contributed by atoms with Crippen molar-refractivity contribution < 1.29 is 19.1 Å². The molecule has 6 nitrogen and oxygen atoms in total. The van der Waals surface area contributed by atoms with Gasteiger partial charge in [0.1, 0.15) is 11.2 Å². The summed E-state index contributed by atoms with van der Waals surface area (Å²) >= 11 is 0. The largest absolute Gasteiger partial charge is 0.497 e. The van der Waals surface area contributed by atoms with E-state index in [1.165, 1.54) is 4.90 Å². The van der Waals surface area contributed by atoms with E-state index in [0.717, 1.165) is 16.0 Å². The van der Waals surface area contributed by atoms with Crippen LogP contribution in [0.1, 0.15) is 24.5 Å². The van der Waals surface area contributed by atoms with E-state index in [-0.39, 0.29) is 19.4 Å². The second-order valence-electron chi connectivity index (χ2n) is 8.10. The van der Waals surface area contributed by atoms with Crippen molar-refractivity contribution in [2.75, 3.05) is 12.0 Å². The van der Waals surface area contributed by atoms with Crippen LogP contribution in [0.3, 0.4) is 0 Å². The highest BCUT2D eigenvalue weighted by molar-refractivity contribution is 6.29. The van der Waals surface area contributed by atoms with Gasteiger partial charge in [0.15, 0.2) is 0 Å². The van der Waals surface area contributed by atoms with E-state index in [1.54, 1.807) is 43.5 Å². The Morgan fingerprint density at radius 2 is 1.36 bits per heavy atom. The van der Waals surface area contributed by atoms with Crippen LogP contribution >= 0.6 is 0 Å². The molecular weight excluding hydrogens is 416 g/mol. The fraction of sp³-hybridized carbons (Fsp3) is 0.222. The maximum absolute atomic E-state index is 13.8. The van der Waals surface area contributed by atoms with E-state index in [9.17, 15) is 14.4 Å². The van der Waals surface area contributed by atoms with Crippen molar-refractivity contribution >= 4 is 23.5 Å². The molecule has 0 radical (unpaired) electrons. The Labute approximate surface area is 193 Å². The minimum Gasteiger partial charge on any atom is -0.497 e. The molecule has 4 rings (SSSR count). The fourth-order valence-corrected chi connectivity index (χ4v) is 4.24. The van der Waals surface area contributed by atoms with Crippen LogP contribution in [0.4, 0.5) is 10.5 Å². The molecule has 1 heterocycles. The third-order valence-electron chi connectivity index (χ3n) is 6.16. The van der Waals surface area contributed by atoms with Gasteiger partial charge >= 0.3 is 6.03 Å². The molecule has 0 aliphatic carbocycles. The van der Waals surface area contributed by atoms with Crippen molar-refractivity contribution in [3.63, 3.8) is 0 Å². The van der Waals surface area contributed by atoms with E-state index in [1.807, 2.05) is 55.5 Å². The van der Waals surface area contributed by atoms with Crippen molar-refractivity contribution in [1.29, 1.82) is 0 Å². The molecule has 0 spiro atoms. The maximum Gasteiger partial charge on any atom is 0.338 e. The summed E-state index contributed by atoms with van der Waals surface area (Å²) in [6, 6.07) is 24.8. The van der Waals surface area contributed by atoms with Crippen molar-refractivity contribution in [3.8, 4) is 5.75 Å². The lowest BCUT2D eigenvalue weighted by Crippen LogP contribution is -2.65. The zero-order valence-corrected chi connectivity index (χ0v) is 18.7. The number of rotatable bonds is 7. The van der Waals surface area contributed by atoms with Gasteiger partial charge < -0.3 is 4.74 Å². The Morgan fingerprint density at radius 1 is 0.758 bits per heavy atom. The van der Waals surface area contributed by atoms with Gasteiger partial charge in [-0.25, -0.2) is 9.69 Å². The SMILES string of the molecule is CCC1(Cc2ccccc2)C(=O)N(Cc2ccc(OC)cc2)C(=O)N(c2ccccc2)C1=O. The maximum atomic E-state index is 13.8. The summed E-state index contributed by atoms with van der Waals surface area (Å²) in [7, 11) is 1.58. The first-order valence-electron chi connectivity index (χ1n) is 10.9. The van der Waals surface area contributed by atoms with Crippen LogP contribution in [0.25, 0.3) is 0 Å². The quantitative estimate of drug-likeness (QED) is 0.492.